The van der Waals surface area contributed by atoms with E-state index >= 15 is 4.39 Å². The molecule has 6 rings (SSSR count). The van der Waals surface area contributed by atoms with Crippen molar-refractivity contribution in [3.8, 4) is 5.75 Å². The molecule has 9 heteroatoms. The minimum absolute atomic E-state index is 0.170. The SMILES string of the molecule is COC1=C(OCCCCC(=O)N2CCC3(COC3)C2)CCC2=NCC=C(Oc3ccc4[nH]c(C)cc4c3F)C2=C1. The van der Waals surface area contributed by atoms with Crippen molar-refractivity contribution in [3.63, 3.8) is 0 Å². The molecule has 1 amide bonds. The van der Waals surface area contributed by atoms with Gasteiger partial charge in [-0.1, -0.05) is 0 Å². The van der Waals surface area contributed by atoms with Crippen LogP contribution >= 0.6 is 0 Å². The number of allylic oxidation sites excluding steroid dienone is 3. The number of carbonyl (C=O) groups is 1. The monoisotopic (exact) mass is 549 g/mol. The number of aryl methyl sites for hydroxylation is 1. The highest BCUT2D eigenvalue weighted by Crippen LogP contribution is 2.38. The van der Waals surface area contributed by atoms with Crippen LogP contribution in [0.2, 0.25) is 0 Å². The zero-order valence-electron chi connectivity index (χ0n) is 23.2. The summed E-state index contributed by atoms with van der Waals surface area (Å²) in [6, 6.07) is 5.25. The van der Waals surface area contributed by atoms with Crippen molar-refractivity contribution in [1.29, 1.82) is 0 Å². The van der Waals surface area contributed by atoms with Crippen molar-refractivity contribution < 1.29 is 28.1 Å². The number of methoxy groups -OCH3 is 1. The molecular weight excluding hydrogens is 513 g/mol. The minimum Gasteiger partial charge on any atom is -0.494 e. The zero-order chi connectivity index (χ0) is 27.7. The third kappa shape index (κ3) is 5.27. The number of fused-ring (bicyclic) bond motifs is 2. The van der Waals surface area contributed by atoms with Crippen LogP contribution in [0.5, 0.6) is 5.75 Å². The van der Waals surface area contributed by atoms with Crippen LogP contribution < -0.4 is 4.74 Å². The molecule has 3 aliphatic heterocycles. The molecule has 2 saturated heterocycles. The summed E-state index contributed by atoms with van der Waals surface area (Å²) in [6.45, 7) is 6.11. The molecule has 1 N–H and O–H groups in total. The Morgan fingerprint density at radius 1 is 1.25 bits per heavy atom. The molecule has 40 heavy (non-hydrogen) atoms. The van der Waals surface area contributed by atoms with Crippen LogP contribution in [-0.2, 0) is 19.0 Å². The number of aromatic amines is 1. The summed E-state index contributed by atoms with van der Waals surface area (Å²) in [5.74, 6) is 1.91. The second-order valence-electron chi connectivity index (χ2n) is 11.2. The van der Waals surface area contributed by atoms with Crippen LogP contribution in [0.15, 0.2) is 58.2 Å². The van der Waals surface area contributed by atoms with E-state index in [-0.39, 0.29) is 17.1 Å². The van der Waals surface area contributed by atoms with Crippen LogP contribution in [0.1, 0.15) is 44.2 Å². The lowest BCUT2D eigenvalue weighted by Crippen LogP contribution is -2.45. The van der Waals surface area contributed by atoms with Gasteiger partial charge in [-0.15, -0.1) is 0 Å². The van der Waals surface area contributed by atoms with E-state index in [2.05, 4.69) is 9.98 Å². The van der Waals surface area contributed by atoms with E-state index in [0.29, 0.717) is 49.3 Å². The molecule has 1 aromatic heterocycles. The van der Waals surface area contributed by atoms with Gasteiger partial charge in [-0.05, 0) is 63.0 Å². The Balaban J connectivity index is 1.07. The molecule has 2 fully saturated rings. The molecule has 2 aromatic rings. The van der Waals surface area contributed by atoms with Crippen molar-refractivity contribution in [2.24, 2.45) is 10.4 Å². The van der Waals surface area contributed by atoms with E-state index in [1.807, 2.05) is 30.0 Å². The van der Waals surface area contributed by atoms with Crippen LogP contribution in [0.3, 0.4) is 0 Å². The van der Waals surface area contributed by atoms with Crippen molar-refractivity contribution in [2.75, 3.05) is 46.6 Å². The molecule has 4 aliphatic rings. The Hall–Kier alpha value is -3.59. The number of amides is 1. The number of aromatic nitrogens is 1. The zero-order valence-corrected chi connectivity index (χ0v) is 23.2. The molecule has 212 valence electrons. The quantitative estimate of drug-likeness (QED) is 0.427. The summed E-state index contributed by atoms with van der Waals surface area (Å²) < 4.78 is 38.6. The predicted octanol–water partition coefficient (Wildman–Crippen LogP) is 5.35. The van der Waals surface area contributed by atoms with Gasteiger partial charge in [0.15, 0.2) is 17.3 Å². The van der Waals surface area contributed by atoms with Gasteiger partial charge in [-0.2, -0.15) is 0 Å². The van der Waals surface area contributed by atoms with Gasteiger partial charge in [-0.25, -0.2) is 4.39 Å². The maximum Gasteiger partial charge on any atom is 0.222 e. The maximum atomic E-state index is 15.2. The first-order valence-corrected chi connectivity index (χ1v) is 14.1. The summed E-state index contributed by atoms with van der Waals surface area (Å²) in [5.41, 5.74) is 3.51. The molecule has 8 nitrogen and oxygen atoms in total. The Morgan fingerprint density at radius 2 is 2.12 bits per heavy atom. The van der Waals surface area contributed by atoms with E-state index in [0.717, 1.165) is 73.8 Å². The van der Waals surface area contributed by atoms with Crippen LogP contribution in [0.4, 0.5) is 4.39 Å². The largest absolute Gasteiger partial charge is 0.494 e. The van der Waals surface area contributed by atoms with E-state index in [4.69, 9.17) is 18.9 Å². The van der Waals surface area contributed by atoms with Gasteiger partial charge in [0, 0.05) is 59.2 Å². The topological polar surface area (TPSA) is 85.4 Å². The number of likely N-dealkylation sites (tertiary alicyclic amines) is 1. The number of ether oxygens (including phenoxy) is 4. The number of nitrogens with one attached hydrogen (secondary N) is 1. The molecule has 0 saturated carbocycles. The molecule has 0 atom stereocenters. The average molecular weight is 550 g/mol. The van der Waals surface area contributed by atoms with Gasteiger partial charge < -0.3 is 28.8 Å². The number of halogens is 1. The highest BCUT2D eigenvalue weighted by Gasteiger charge is 2.45. The molecule has 1 aliphatic carbocycles. The van der Waals surface area contributed by atoms with E-state index in [9.17, 15) is 4.79 Å². The second-order valence-corrected chi connectivity index (χ2v) is 11.2. The first-order chi connectivity index (χ1) is 19.4. The molecule has 1 spiro atoms. The smallest absolute Gasteiger partial charge is 0.222 e. The second kappa shape index (κ2) is 11.1. The number of unbranched alkanes of at least 4 members (excludes halogenated alkanes) is 1. The average Bonchev–Trinajstić information content (AvgIpc) is 3.51. The summed E-state index contributed by atoms with van der Waals surface area (Å²) in [7, 11) is 1.61. The van der Waals surface area contributed by atoms with Gasteiger partial charge in [0.1, 0.15) is 11.5 Å². The van der Waals surface area contributed by atoms with Crippen LogP contribution in [-0.4, -0.2) is 68.1 Å². The van der Waals surface area contributed by atoms with Crippen LogP contribution in [0, 0.1) is 18.2 Å². The predicted molar refractivity (Wildman–Crippen MR) is 150 cm³/mol. The van der Waals surface area contributed by atoms with E-state index < -0.39 is 5.82 Å². The van der Waals surface area contributed by atoms with Gasteiger partial charge in [0.05, 0.1) is 33.5 Å². The number of hydrogen-bond donors (Lipinski definition) is 1. The number of dihydropyridines is 1. The molecule has 1 aromatic carbocycles. The van der Waals surface area contributed by atoms with Crippen molar-refractivity contribution in [1.82, 2.24) is 9.88 Å². The number of aliphatic imine (C=N–C) groups is 1. The third-order valence-corrected chi connectivity index (χ3v) is 8.22. The lowest BCUT2D eigenvalue weighted by molar-refractivity contribution is -0.135. The molecule has 0 unspecified atom stereocenters. The number of carbonyl (C=O) groups excluding carboxylic acids is 1. The summed E-state index contributed by atoms with van der Waals surface area (Å²) >= 11 is 0. The highest BCUT2D eigenvalue weighted by molar-refractivity contribution is 6.05. The molecular formula is C31H36FN3O5. The summed E-state index contributed by atoms with van der Waals surface area (Å²) in [4.78, 5) is 22.4. The van der Waals surface area contributed by atoms with Gasteiger partial charge in [0.25, 0.3) is 0 Å². The first-order valence-electron chi connectivity index (χ1n) is 14.1. The number of hydrogen-bond acceptors (Lipinski definition) is 6. The fourth-order valence-corrected chi connectivity index (χ4v) is 5.92. The Bertz CT molecular complexity index is 1430. The van der Waals surface area contributed by atoms with Gasteiger partial charge in [0.2, 0.25) is 5.91 Å². The van der Waals surface area contributed by atoms with Gasteiger partial charge in [-0.3, -0.25) is 9.79 Å². The number of benzene rings is 1. The third-order valence-electron chi connectivity index (χ3n) is 8.22. The normalized spacial score (nSPS) is 20.0. The molecule has 0 radical (unpaired) electrons. The fraction of sp³-hybridized carbons (Fsp3) is 0.484. The van der Waals surface area contributed by atoms with E-state index in [1.165, 1.54) is 0 Å². The maximum absolute atomic E-state index is 15.2. The van der Waals surface area contributed by atoms with Crippen molar-refractivity contribution in [3.05, 3.63) is 64.7 Å². The lowest BCUT2D eigenvalue weighted by atomic mass is 9.85. The summed E-state index contributed by atoms with van der Waals surface area (Å²) in [5, 5.41) is 0.502. The molecule has 0 bridgehead atoms. The van der Waals surface area contributed by atoms with E-state index in [1.54, 1.807) is 19.2 Å². The Morgan fingerprint density at radius 3 is 2.90 bits per heavy atom. The fourth-order valence-electron chi connectivity index (χ4n) is 5.92. The standard InChI is InChI=1S/C31H36FN3O5/c1-20-15-22-24(34-20)7-9-27(30(22)32)40-25-10-12-33-23-6-8-26(28(37-2)16-21(23)25)39-14-4-3-5-29(36)35-13-11-31(17-35)18-38-19-31/h7,9-10,15-16,34H,3-6,8,11-14,17-19H2,1-2H3. The number of rotatable bonds is 9. The van der Waals surface area contributed by atoms with Gasteiger partial charge >= 0.3 is 0 Å². The Kier molecular flexibility index (Phi) is 7.40. The first kappa shape index (κ1) is 26.6. The number of H-pyrrole nitrogens is 1. The lowest BCUT2D eigenvalue weighted by Gasteiger charge is -2.37. The minimum atomic E-state index is -0.396. The summed E-state index contributed by atoms with van der Waals surface area (Å²) in [6.07, 6.45) is 8.17. The highest BCUT2D eigenvalue weighted by atomic mass is 19.1. The van der Waals surface area contributed by atoms with Crippen LogP contribution in [0.25, 0.3) is 10.9 Å². The molecule has 4 heterocycles. The Labute approximate surface area is 233 Å². The number of nitrogens with zero attached hydrogens (tertiary/aromatic N) is 2. The van der Waals surface area contributed by atoms with Crippen molar-refractivity contribution in [2.45, 2.75) is 45.4 Å². The van der Waals surface area contributed by atoms with Crippen molar-refractivity contribution >= 4 is 22.5 Å².